The van der Waals surface area contributed by atoms with Crippen LogP contribution in [0.1, 0.15) is 49.8 Å². The lowest BCUT2D eigenvalue weighted by Crippen LogP contribution is -2.26. The molecule has 2 aromatic carbocycles. The summed E-state index contributed by atoms with van der Waals surface area (Å²) in [5, 5.41) is 23.5. The number of ether oxygens (including phenoxy) is 1. The molecular formula is C22H25NO3. The molecule has 0 aliphatic carbocycles. The van der Waals surface area contributed by atoms with E-state index in [1.54, 1.807) is 12.1 Å². The Hall–Kier alpha value is -2.59. The quantitative estimate of drug-likeness (QED) is 0.365. The first-order chi connectivity index (χ1) is 12.7. The Balaban J connectivity index is 1.79. The number of aliphatic hydroxyl groups excluding tert-OH is 1. The highest BCUT2D eigenvalue weighted by Gasteiger charge is 2.14. The van der Waals surface area contributed by atoms with E-state index >= 15 is 0 Å². The normalized spacial score (nSPS) is 12.2. The molecule has 0 amide bonds. The summed E-state index contributed by atoms with van der Waals surface area (Å²) in [6.45, 7) is 2.47. The average molecular weight is 351 g/mol. The van der Waals surface area contributed by atoms with Crippen LogP contribution >= 0.6 is 0 Å². The minimum Gasteiger partial charge on any atom is -0.618 e. The van der Waals surface area contributed by atoms with Gasteiger partial charge in [-0.25, -0.2) is 0 Å². The molecule has 1 aromatic heterocycles. The predicted octanol–water partition coefficient (Wildman–Crippen LogP) is 4.67. The number of rotatable bonds is 8. The fourth-order valence-electron chi connectivity index (χ4n) is 3.21. The van der Waals surface area contributed by atoms with Crippen molar-refractivity contribution in [3.63, 3.8) is 0 Å². The summed E-state index contributed by atoms with van der Waals surface area (Å²) in [7, 11) is 0. The molecule has 0 saturated carbocycles. The first-order valence-corrected chi connectivity index (χ1v) is 9.20. The molecule has 0 radical (unpaired) electrons. The lowest BCUT2D eigenvalue weighted by Gasteiger charge is -2.16. The second-order valence-corrected chi connectivity index (χ2v) is 6.53. The molecule has 1 N–H and O–H groups in total. The smallest absolute Gasteiger partial charge is 0.266 e. The summed E-state index contributed by atoms with van der Waals surface area (Å²) in [4.78, 5) is 0. The zero-order valence-corrected chi connectivity index (χ0v) is 15.1. The van der Waals surface area contributed by atoms with Gasteiger partial charge in [0.25, 0.3) is 5.52 Å². The third kappa shape index (κ3) is 4.14. The van der Waals surface area contributed by atoms with Crippen LogP contribution in [0.5, 0.6) is 5.75 Å². The van der Waals surface area contributed by atoms with Crippen molar-refractivity contribution < 1.29 is 14.6 Å². The summed E-state index contributed by atoms with van der Waals surface area (Å²) in [6, 6.07) is 17.0. The molecule has 4 nitrogen and oxygen atoms in total. The number of nitrogens with zero attached hydrogens (tertiary/aromatic N) is 1. The Bertz CT molecular complexity index is 858. The zero-order valence-electron chi connectivity index (χ0n) is 15.1. The SMILES string of the molecule is CCCCCC(O)c1ccccc1COc1cccc2ccc[n+]([O-])c12. The van der Waals surface area contributed by atoms with Crippen LogP contribution in [0, 0.1) is 5.21 Å². The molecule has 0 aliphatic rings. The Morgan fingerprint density at radius 2 is 1.85 bits per heavy atom. The van der Waals surface area contributed by atoms with E-state index in [2.05, 4.69) is 6.92 Å². The van der Waals surface area contributed by atoms with Gasteiger partial charge >= 0.3 is 0 Å². The largest absolute Gasteiger partial charge is 0.618 e. The Kier molecular flexibility index (Phi) is 6.08. The van der Waals surface area contributed by atoms with Gasteiger partial charge in [0.05, 0.1) is 11.5 Å². The van der Waals surface area contributed by atoms with Gasteiger partial charge in [0.15, 0.2) is 11.9 Å². The third-order valence-corrected chi connectivity index (χ3v) is 4.63. The summed E-state index contributed by atoms with van der Waals surface area (Å²) in [5.41, 5.74) is 2.37. The van der Waals surface area contributed by atoms with Gasteiger partial charge in [0, 0.05) is 6.07 Å². The molecule has 26 heavy (non-hydrogen) atoms. The van der Waals surface area contributed by atoms with E-state index in [1.165, 1.54) is 6.20 Å². The van der Waals surface area contributed by atoms with Crippen LogP contribution in [0.25, 0.3) is 10.9 Å². The molecule has 136 valence electrons. The number of benzene rings is 2. The molecule has 1 heterocycles. The van der Waals surface area contributed by atoms with E-state index in [0.29, 0.717) is 17.9 Å². The number of para-hydroxylation sites is 1. The summed E-state index contributed by atoms with van der Waals surface area (Å²) in [6.07, 6.45) is 4.99. The standard InChI is InChI=1S/C22H25NO3/c1-2-3-4-13-20(24)19-12-6-5-9-18(19)16-26-21-14-7-10-17-11-8-15-23(25)22(17)21/h5-12,14-15,20,24H,2-4,13,16H2,1H3. The van der Waals surface area contributed by atoms with Crippen LogP contribution < -0.4 is 9.47 Å². The molecule has 0 bridgehead atoms. The fraction of sp³-hybridized carbons (Fsp3) is 0.318. The first kappa shape index (κ1) is 18.2. The topological polar surface area (TPSA) is 56.4 Å². The van der Waals surface area contributed by atoms with Crippen molar-refractivity contribution in [3.8, 4) is 5.75 Å². The fourth-order valence-corrected chi connectivity index (χ4v) is 3.21. The maximum absolute atomic E-state index is 12.1. The van der Waals surface area contributed by atoms with Gasteiger partial charge in [-0.15, -0.1) is 0 Å². The Morgan fingerprint density at radius 3 is 2.69 bits per heavy atom. The van der Waals surface area contributed by atoms with Gasteiger partial charge in [-0.2, -0.15) is 4.73 Å². The number of hydrogen-bond acceptors (Lipinski definition) is 3. The van der Waals surface area contributed by atoms with Crippen LogP contribution in [-0.4, -0.2) is 5.11 Å². The van der Waals surface area contributed by atoms with Crippen molar-refractivity contribution in [1.29, 1.82) is 0 Å². The summed E-state index contributed by atoms with van der Waals surface area (Å²) >= 11 is 0. The summed E-state index contributed by atoms with van der Waals surface area (Å²) < 4.78 is 6.80. The van der Waals surface area contributed by atoms with Crippen molar-refractivity contribution in [2.45, 2.75) is 45.3 Å². The highest BCUT2D eigenvalue weighted by atomic mass is 16.5. The van der Waals surface area contributed by atoms with E-state index in [-0.39, 0.29) is 0 Å². The molecule has 0 spiro atoms. The second-order valence-electron chi connectivity index (χ2n) is 6.53. The van der Waals surface area contributed by atoms with E-state index in [0.717, 1.165) is 46.9 Å². The maximum atomic E-state index is 12.1. The van der Waals surface area contributed by atoms with Crippen molar-refractivity contribution in [2.75, 3.05) is 0 Å². The van der Waals surface area contributed by atoms with Crippen LogP contribution in [0.2, 0.25) is 0 Å². The van der Waals surface area contributed by atoms with Crippen molar-refractivity contribution >= 4 is 10.9 Å². The van der Waals surface area contributed by atoms with Crippen molar-refractivity contribution in [3.05, 3.63) is 77.1 Å². The van der Waals surface area contributed by atoms with Gasteiger partial charge in [-0.3, -0.25) is 0 Å². The predicted molar refractivity (Wildman–Crippen MR) is 103 cm³/mol. The minimum absolute atomic E-state index is 0.315. The molecule has 0 aliphatic heterocycles. The molecule has 1 unspecified atom stereocenters. The number of aliphatic hydroxyl groups is 1. The molecule has 3 aromatic rings. The Morgan fingerprint density at radius 1 is 1.04 bits per heavy atom. The molecule has 1 atom stereocenters. The van der Waals surface area contributed by atoms with Gasteiger partial charge < -0.3 is 15.1 Å². The lowest BCUT2D eigenvalue weighted by atomic mass is 9.98. The van der Waals surface area contributed by atoms with E-state index in [1.807, 2.05) is 42.5 Å². The molecule has 3 rings (SSSR count). The zero-order chi connectivity index (χ0) is 18.4. The second kappa shape index (κ2) is 8.68. The van der Waals surface area contributed by atoms with Gasteiger partial charge in [-0.1, -0.05) is 56.5 Å². The lowest BCUT2D eigenvalue weighted by molar-refractivity contribution is -0.577. The van der Waals surface area contributed by atoms with Crippen LogP contribution in [0.15, 0.2) is 60.8 Å². The highest BCUT2D eigenvalue weighted by molar-refractivity contribution is 5.81. The van der Waals surface area contributed by atoms with E-state index in [4.69, 9.17) is 4.74 Å². The third-order valence-electron chi connectivity index (χ3n) is 4.63. The van der Waals surface area contributed by atoms with Crippen LogP contribution in [0.3, 0.4) is 0 Å². The monoisotopic (exact) mass is 351 g/mol. The van der Waals surface area contributed by atoms with Crippen LogP contribution in [-0.2, 0) is 6.61 Å². The van der Waals surface area contributed by atoms with E-state index < -0.39 is 6.10 Å². The maximum Gasteiger partial charge on any atom is 0.266 e. The first-order valence-electron chi connectivity index (χ1n) is 9.20. The molecule has 0 saturated heterocycles. The van der Waals surface area contributed by atoms with Crippen LogP contribution in [0.4, 0.5) is 0 Å². The molecular weight excluding hydrogens is 326 g/mol. The molecule has 4 heteroatoms. The average Bonchev–Trinajstić information content (AvgIpc) is 2.67. The number of pyridine rings is 1. The minimum atomic E-state index is -0.488. The van der Waals surface area contributed by atoms with Gasteiger partial charge in [-0.05, 0) is 35.7 Å². The summed E-state index contributed by atoms with van der Waals surface area (Å²) in [5.74, 6) is 0.549. The van der Waals surface area contributed by atoms with Crippen molar-refractivity contribution in [1.82, 2.24) is 0 Å². The number of fused-ring (bicyclic) bond motifs is 1. The van der Waals surface area contributed by atoms with E-state index in [9.17, 15) is 10.3 Å². The van der Waals surface area contributed by atoms with Crippen molar-refractivity contribution in [2.24, 2.45) is 0 Å². The van der Waals surface area contributed by atoms with Gasteiger partial charge in [0.1, 0.15) is 6.61 Å². The number of unbranched alkanes of at least 4 members (excludes halogenated alkanes) is 2. The highest BCUT2D eigenvalue weighted by Crippen LogP contribution is 2.26. The number of hydrogen-bond donors (Lipinski definition) is 1. The Labute approximate surface area is 154 Å². The van der Waals surface area contributed by atoms with Gasteiger partial charge in [0.2, 0.25) is 0 Å². The number of aromatic nitrogens is 1. The molecule has 0 fully saturated rings.